The van der Waals surface area contributed by atoms with E-state index in [9.17, 15) is 26.8 Å². The molecule has 31 heavy (non-hydrogen) atoms. The molecule has 1 aliphatic heterocycles. The lowest BCUT2D eigenvalue weighted by molar-refractivity contribution is -0.123. The number of amides is 1. The Morgan fingerprint density at radius 2 is 1.65 bits per heavy atom. The lowest BCUT2D eigenvalue weighted by Crippen LogP contribution is -2.40. The molecule has 1 N–H and O–H groups in total. The maximum absolute atomic E-state index is 13.7. The minimum atomic E-state index is -3.68. The van der Waals surface area contributed by atoms with Crippen molar-refractivity contribution in [3.8, 4) is 0 Å². The Hall–Kier alpha value is -2.89. The molecular formula is C20H20F2N2O6S. The number of halogens is 2. The lowest BCUT2D eigenvalue weighted by Gasteiger charge is -2.26. The Morgan fingerprint density at radius 3 is 2.23 bits per heavy atom. The molecule has 2 aromatic rings. The molecule has 0 saturated carbocycles. The molecule has 8 nitrogen and oxygen atoms in total. The summed E-state index contributed by atoms with van der Waals surface area (Å²) in [4.78, 5) is 24.3. The largest absolute Gasteiger partial charge is 0.449 e. The predicted molar refractivity (Wildman–Crippen MR) is 106 cm³/mol. The Bertz CT molecular complexity index is 1050. The van der Waals surface area contributed by atoms with Gasteiger partial charge in [0.05, 0.1) is 18.1 Å². The Morgan fingerprint density at radius 1 is 1.06 bits per heavy atom. The molecule has 1 unspecified atom stereocenters. The van der Waals surface area contributed by atoms with Crippen LogP contribution in [0.3, 0.4) is 0 Å². The number of anilines is 1. The van der Waals surface area contributed by atoms with E-state index in [0.29, 0.717) is 13.2 Å². The van der Waals surface area contributed by atoms with E-state index in [1.54, 1.807) is 0 Å². The summed E-state index contributed by atoms with van der Waals surface area (Å²) >= 11 is 0. The van der Waals surface area contributed by atoms with Crippen LogP contribution < -0.4 is 5.32 Å². The number of nitrogens with one attached hydrogen (secondary N) is 1. The quantitative estimate of drug-likeness (QED) is 0.672. The average molecular weight is 454 g/mol. The zero-order valence-electron chi connectivity index (χ0n) is 16.5. The molecule has 1 atom stereocenters. The standard InChI is InChI=1S/C20H20F2N2O6S/c1-13(30-20(26)18-16(21)3-2-4-17(18)22)19(25)23-14-5-7-15(8-6-14)31(27,28)24-9-11-29-12-10-24/h2-8,13H,9-12H2,1H3,(H,23,25). The van der Waals surface area contributed by atoms with Crippen LogP contribution in [0.1, 0.15) is 17.3 Å². The molecule has 3 rings (SSSR count). The summed E-state index contributed by atoms with van der Waals surface area (Å²) in [7, 11) is -3.68. The molecular weight excluding hydrogens is 434 g/mol. The smallest absolute Gasteiger partial charge is 0.344 e. The molecule has 0 radical (unpaired) electrons. The second-order valence-corrected chi connectivity index (χ2v) is 8.61. The van der Waals surface area contributed by atoms with Crippen LogP contribution in [-0.2, 0) is 24.3 Å². The first kappa shape index (κ1) is 22.8. The van der Waals surface area contributed by atoms with Crippen LogP contribution in [-0.4, -0.2) is 57.0 Å². The zero-order chi connectivity index (χ0) is 22.6. The predicted octanol–water partition coefficient (Wildman–Crippen LogP) is 2.17. The normalized spacial score (nSPS) is 15.8. The van der Waals surface area contributed by atoms with E-state index in [1.165, 1.54) is 35.5 Å². The van der Waals surface area contributed by atoms with Crippen LogP contribution >= 0.6 is 0 Å². The Balaban J connectivity index is 1.63. The Labute approximate surface area is 177 Å². The molecule has 1 aliphatic rings. The van der Waals surface area contributed by atoms with E-state index in [2.05, 4.69) is 5.32 Å². The summed E-state index contributed by atoms with van der Waals surface area (Å²) < 4.78 is 63.9. The van der Waals surface area contributed by atoms with Crippen LogP contribution in [0.2, 0.25) is 0 Å². The van der Waals surface area contributed by atoms with E-state index in [0.717, 1.165) is 18.2 Å². The highest BCUT2D eigenvalue weighted by Crippen LogP contribution is 2.20. The van der Waals surface area contributed by atoms with Crippen molar-refractivity contribution in [2.24, 2.45) is 0 Å². The minimum Gasteiger partial charge on any atom is -0.449 e. The molecule has 0 aromatic heterocycles. The first-order valence-corrected chi connectivity index (χ1v) is 10.8. The van der Waals surface area contributed by atoms with Crippen LogP contribution in [0, 0.1) is 11.6 Å². The van der Waals surface area contributed by atoms with Crippen molar-refractivity contribution in [2.45, 2.75) is 17.9 Å². The van der Waals surface area contributed by atoms with Crippen LogP contribution in [0.15, 0.2) is 47.4 Å². The first-order chi connectivity index (χ1) is 14.7. The van der Waals surface area contributed by atoms with Crippen molar-refractivity contribution in [3.63, 3.8) is 0 Å². The summed E-state index contributed by atoms with van der Waals surface area (Å²) in [5.41, 5.74) is -0.634. The van der Waals surface area contributed by atoms with Gasteiger partial charge in [-0.2, -0.15) is 4.31 Å². The molecule has 1 fully saturated rings. The van der Waals surface area contributed by atoms with Crippen molar-refractivity contribution in [2.75, 3.05) is 31.6 Å². The highest BCUT2D eigenvalue weighted by atomic mass is 32.2. The fraction of sp³-hybridized carbons (Fsp3) is 0.300. The number of hydrogen-bond donors (Lipinski definition) is 1. The molecule has 1 heterocycles. The third-order valence-corrected chi connectivity index (χ3v) is 6.46. The highest BCUT2D eigenvalue weighted by molar-refractivity contribution is 7.89. The molecule has 1 amide bonds. The van der Waals surface area contributed by atoms with Gasteiger partial charge in [0.15, 0.2) is 6.10 Å². The number of esters is 1. The van der Waals surface area contributed by atoms with Crippen molar-refractivity contribution < 1.29 is 36.3 Å². The van der Waals surface area contributed by atoms with Crippen LogP contribution in [0.4, 0.5) is 14.5 Å². The summed E-state index contributed by atoms with van der Waals surface area (Å²) in [5.74, 6) is -4.27. The number of ether oxygens (including phenoxy) is 2. The number of sulfonamides is 1. The fourth-order valence-corrected chi connectivity index (χ4v) is 4.26. The highest BCUT2D eigenvalue weighted by Gasteiger charge is 2.27. The van der Waals surface area contributed by atoms with Gasteiger partial charge in [-0.25, -0.2) is 22.0 Å². The van der Waals surface area contributed by atoms with Gasteiger partial charge in [-0.1, -0.05) is 6.07 Å². The van der Waals surface area contributed by atoms with E-state index in [4.69, 9.17) is 9.47 Å². The zero-order valence-corrected chi connectivity index (χ0v) is 17.3. The van der Waals surface area contributed by atoms with E-state index in [1.807, 2.05) is 0 Å². The maximum Gasteiger partial charge on any atom is 0.344 e. The van der Waals surface area contributed by atoms with E-state index < -0.39 is 45.2 Å². The summed E-state index contributed by atoms with van der Waals surface area (Å²) in [6.07, 6.45) is -1.36. The second kappa shape index (κ2) is 9.50. The summed E-state index contributed by atoms with van der Waals surface area (Å²) in [6.45, 7) is 2.39. The van der Waals surface area contributed by atoms with E-state index >= 15 is 0 Å². The van der Waals surface area contributed by atoms with Gasteiger partial charge < -0.3 is 14.8 Å². The molecule has 11 heteroatoms. The van der Waals surface area contributed by atoms with Gasteiger partial charge in [-0.3, -0.25) is 4.79 Å². The summed E-state index contributed by atoms with van der Waals surface area (Å²) in [6, 6.07) is 8.35. The molecule has 0 aliphatic carbocycles. The number of nitrogens with zero attached hydrogens (tertiary/aromatic N) is 1. The first-order valence-electron chi connectivity index (χ1n) is 9.34. The molecule has 0 spiro atoms. The minimum absolute atomic E-state index is 0.0573. The van der Waals surface area contributed by atoms with Crippen LogP contribution in [0.5, 0.6) is 0 Å². The fourth-order valence-electron chi connectivity index (χ4n) is 2.86. The number of carbonyl (C=O) groups is 2. The van der Waals surface area contributed by atoms with Crippen molar-refractivity contribution in [3.05, 3.63) is 59.7 Å². The number of carbonyl (C=O) groups excluding carboxylic acids is 2. The van der Waals surface area contributed by atoms with Crippen molar-refractivity contribution >= 4 is 27.6 Å². The second-order valence-electron chi connectivity index (χ2n) is 6.67. The van der Waals surface area contributed by atoms with Gasteiger partial charge in [0.2, 0.25) is 10.0 Å². The number of hydrogen-bond acceptors (Lipinski definition) is 6. The van der Waals surface area contributed by atoms with Gasteiger partial charge in [0.1, 0.15) is 17.2 Å². The van der Waals surface area contributed by atoms with Gasteiger partial charge in [-0.15, -0.1) is 0 Å². The van der Waals surface area contributed by atoms with E-state index in [-0.39, 0.29) is 23.7 Å². The average Bonchev–Trinajstić information content (AvgIpc) is 2.74. The number of morpholine rings is 1. The molecule has 1 saturated heterocycles. The maximum atomic E-state index is 13.7. The number of rotatable bonds is 6. The lowest BCUT2D eigenvalue weighted by atomic mass is 10.2. The van der Waals surface area contributed by atoms with Crippen LogP contribution in [0.25, 0.3) is 0 Å². The third-order valence-electron chi connectivity index (χ3n) is 4.55. The monoisotopic (exact) mass is 454 g/mol. The molecule has 166 valence electrons. The number of benzene rings is 2. The van der Waals surface area contributed by atoms with Crippen molar-refractivity contribution in [1.29, 1.82) is 0 Å². The summed E-state index contributed by atoms with van der Waals surface area (Å²) in [5, 5.41) is 2.45. The topological polar surface area (TPSA) is 102 Å². The molecule has 2 aromatic carbocycles. The van der Waals surface area contributed by atoms with Crippen molar-refractivity contribution in [1.82, 2.24) is 4.31 Å². The van der Waals surface area contributed by atoms with Gasteiger partial charge in [0.25, 0.3) is 5.91 Å². The van der Waals surface area contributed by atoms with Gasteiger partial charge in [-0.05, 0) is 43.3 Å². The molecule has 0 bridgehead atoms. The van der Waals surface area contributed by atoms with Gasteiger partial charge in [0, 0.05) is 18.8 Å². The van der Waals surface area contributed by atoms with Gasteiger partial charge >= 0.3 is 5.97 Å². The SMILES string of the molecule is CC(OC(=O)c1c(F)cccc1F)C(=O)Nc1ccc(S(=O)(=O)N2CCOCC2)cc1. The Kier molecular flexibility index (Phi) is 6.98. The third kappa shape index (κ3) is 5.24.